The molecule has 5 nitrogen and oxygen atoms in total. The molecule has 0 saturated carbocycles. The molecule has 1 saturated heterocycles. The summed E-state index contributed by atoms with van der Waals surface area (Å²) in [7, 11) is 0. The van der Waals surface area contributed by atoms with Crippen LogP contribution in [-0.2, 0) is 9.53 Å². The van der Waals surface area contributed by atoms with E-state index in [0.717, 1.165) is 32.4 Å². The fourth-order valence-electron chi connectivity index (χ4n) is 1.79. The molecule has 0 aliphatic carbocycles. The zero-order valence-electron chi connectivity index (χ0n) is 10.6. The molecule has 1 heterocycles. The highest BCUT2D eigenvalue weighted by atomic mass is 16.5. The highest BCUT2D eigenvalue weighted by Crippen LogP contribution is 2.06. The Morgan fingerprint density at radius 3 is 2.88 bits per heavy atom. The van der Waals surface area contributed by atoms with Crippen LogP contribution in [0.2, 0.25) is 0 Å². The summed E-state index contributed by atoms with van der Waals surface area (Å²) in [6.45, 7) is 4.51. The number of hydrogen-bond acceptors (Lipinski definition) is 4. The number of aliphatic hydroxyl groups excluding tert-OH is 1. The van der Waals surface area contributed by atoms with Crippen LogP contribution in [0.1, 0.15) is 32.6 Å². The Balaban J connectivity index is 2.00. The standard InChI is InChI=1S/C12H24N2O3/c1-2-10(15)3-8-14-12(16)9-17-11-4-6-13-7-5-11/h10-11,13,15H,2-9H2,1H3,(H,14,16). The summed E-state index contributed by atoms with van der Waals surface area (Å²) in [6, 6.07) is 0. The van der Waals surface area contributed by atoms with Crippen molar-refractivity contribution in [3.8, 4) is 0 Å². The maximum atomic E-state index is 11.4. The third-order valence-corrected chi connectivity index (χ3v) is 3.01. The van der Waals surface area contributed by atoms with Crippen LogP contribution in [0, 0.1) is 0 Å². The van der Waals surface area contributed by atoms with Crippen molar-refractivity contribution in [2.45, 2.75) is 44.8 Å². The van der Waals surface area contributed by atoms with Gasteiger partial charge in [0.25, 0.3) is 0 Å². The largest absolute Gasteiger partial charge is 0.393 e. The minimum atomic E-state index is -0.319. The van der Waals surface area contributed by atoms with Crippen LogP contribution in [0.25, 0.3) is 0 Å². The molecule has 0 aromatic heterocycles. The number of nitrogens with one attached hydrogen (secondary N) is 2. The number of carbonyl (C=O) groups is 1. The lowest BCUT2D eigenvalue weighted by molar-refractivity contribution is -0.128. The van der Waals surface area contributed by atoms with Crippen LogP contribution in [0.4, 0.5) is 0 Å². The highest BCUT2D eigenvalue weighted by Gasteiger charge is 2.14. The van der Waals surface area contributed by atoms with Crippen LogP contribution < -0.4 is 10.6 Å². The van der Waals surface area contributed by atoms with Crippen molar-refractivity contribution in [2.24, 2.45) is 0 Å². The smallest absolute Gasteiger partial charge is 0.246 e. The van der Waals surface area contributed by atoms with E-state index < -0.39 is 0 Å². The Morgan fingerprint density at radius 2 is 2.24 bits per heavy atom. The monoisotopic (exact) mass is 244 g/mol. The van der Waals surface area contributed by atoms with Gasteiger partial charge in [-0.2, -0.15) is 0 Å². The Bertz CT molecular complexity index is 218. The first-order valence-corrected chi connectivity index (χ1v) is 6.49. The average molecular weight is 244 g/mol. The molecule has 1 amide bonds. The maximum Gasteiger partial charge on any atom is 0.246 e. The topological polar surface area (TPSA) is 70.6 Å². The van der Waals surface area contributed by atoms with Gasteiger partial charge in [0.1, 0.15) is 6.61 Å². The van der Waals surface area contributed by atoms with Gasteiger partial charge in [0.2, 0.25) is 5.91 Å². The number of hydrogen-bond donors (Lipinski definition) is 3. The molecule has 17 heavy (non-hydrogen) atoms. The van der Waals surface area contributed by atoms with E-state index in [1.165, 1.54) is 0 Å². The van der Waals surface area contributed by atoms with Crippen molar-refractivity contribution in [1.29, 1.82) is 0 Å². The lowest BCUT2D eigenvalue weighted by Crippen LogP contribution is -2.36. The summed E-state index contributed by atoms with van der Waals surface area (Å²) < 4.78 is 5.51. The number of piperidine rings is 1. The van der Waals surface area contributed by atoms with Gasteiger partial charge in [-0.3, -0.25) is 4.79 Å². The second kappa shape index (κ2) is 8.44. The van der Waals surface area contributed by atoms with Gasteiger partial charge >= 0.3 is 0 Å². The van der Waals surface area contributed by atoms with Gasteiger partial charge in [-0.1, -0.05) is 6.92 Å². The van der Waals surface area contributed by atoms with Gasteiger partial charge in [-0.15, -0.1) is 0 Å². The summed E-state index contributed by atoms with van der Waals surface area (Å²) in [6.07, 6.45) is 3.17. The van der Waals surface area contributed by atoms with Crippen molar-refractivity contribution in [2.75, 3.05) is 26.2 Å². The van der Waals surface area contributed by atoms with E-state index in [1.807, 2.05) is 6.92 Å². The number of carbonyl (C=O) groups excluding carboxylic acids is 1. The number of rotatable bonds is 7. The lowest BCUT2D eigenvalue weighted by atomic mass is 10.1. The van der Waals surface area contributed by atoms with Crippen LogP contribution in [0.5, 0.6) is 0 Å². The maximum absolute atomic E-state index is 11.4. The predicted octanol–water partition coefficient (Wildman–Crippen LogP) is 0.0322. The zero-order chi connectivity index (χ0) is 12.5. The fraction of sp³-hybridized carbons (Fsp3) is 0.917. The van der Waals surface area contributed by atoms with E-state index in [-0.39, 0.29) is 24.7 Å². The summed E-state index contributed by atoms with van der Waals surface area (Å²) in [5.74, 6) is -0.0909. The molecule has 0 radical (unpaired) electrons. The van der Waals surface area contributed by atoms with Crippen molar-refractivity contribution < 1.29 is 14.6 Å². The molecule has 3 N–H and O–H groups in total. The quantitative estimate of drug-likeness (QED) is 0.591. The third kappa shape index (κ3) is 6.61. The van der Waals surface area contributed by atoms with E-state index >= 15 is 0 Å². The Kier molecular flexibility index (Phi) is 7.16. The normalized spacial score (nSPS) is 18.9. The van der Waals surface area contributed by atoms with Gasteiger partial charge < -0.3 is 20.5 Å². The van der Waals surface area contributed by atoms with E-state index in [2.05, 4.69) is 10.6 Å². The van der Waals surface area contributed by atoms with Crippen molar-refractivity contribution in [3.05, 3.63) is 0 Å². The van der Waals surface area contributed by atoms with E-state index in [4.69, 9.17) is 4.74 Å². The van der Waals surface area contributed by atoms with Crippen LogP contribution in [0.15, 0.2) is 0 Å². The lowest BCUT2D eigenvalue weighted by Gasteiger charge is -2.22. The predicted molar refractivity (Wildman–Crippen MR) is 65.8 cm³/mol. The second-order valence-corrected chi connectivity index (χ2v) is 4.46. The highest BCUT2D eigenvalue weighted by molar-refractivity contribution is 5.77. The Morgan fingerprint density at radius 1 is 1.53 bits per heavy atom. The Labute approximate surface area is 103 Å². The first-order chi connectivity index (χ1) is 8.22. The van der Waals surface area contributed by atoms with Crippen LogP contribution in [-0.4, -0.2) is 49.5 Å². The molecule has 1 fully saturated rings. The summed E-state index contributed by atoms with van der Waals surface area (Å²) >= 11 is 0. The van der Waals surface area contributed by atoms with E-state index in [9.17, 15) is 9.90 Å². The molecule has 0 aromatic rings. The average Bonchev–Trinajstić information content (AvgIpc) is 2.37. The van der Waals surface area contributed by atoms with Crippen molar-refractivity contribution in [3.63, 3.8) is 0 Å². The van der Waals surface area contributed by atoms with E-state index in [0.29, 0.717) is 13.0 Å². The number of amides is 1. The second-order valence-electron chi connectivity index (χ2n) is 4.46. The summed E-state index contributed by atoms with van der Waals surface area (Å²) in [4.78, 5) is 11.4. The minimum Gasteiger partial charge on any atom is -0.393 e. The fourth-order valence-corrected chi connectivity index (χ4v) is 1.79. The molecule has 0 bridgehead atoms. The molecule has 1 aliphatic heterocycles. The molecular weight excluding hydrogens is 220 g/mol. The van der Waals surface area contributed by atoms with Crippen LogP contribution >= 0.6 is 0 Å². The zero-order valence-corrected chi connectivity index (χ0v) is 10.6. The Hall–Kier alpha value is -0.650. The first-order valence-electron chi connectivity index (χ1n) is 6.49. The molecule has 1 rings (SSSR count). The summed E-state index contributed by atoms with van der Waals surface area (Å²) in [5.41, 5.74) is 0. The van der Waals surface area contributed by atoms with Crippen LogP contribution in [0.3, 0.4) is 0 Å². The van der Waals surface area contributed by atoms with Gasteiger partial charge in [0, 0.05) is 6.54 Å². The summed E-state index contributed by atoms with van der Waals surface area (Å²) in [5, 5.41) is 15.3. The van der Waals surface area contributed by atoms with Gasteiger partial charge in [0.15, 0.2) is 0 Å². The molecule has 0 spiro atoms. The van der Waals surface area contributed by atoms with Gasteiger partial charge in [-0.05, 0) is 38.8 Å². The SMILES string of the molecule is CCC(O)CCNC(=O)COC1CCNCC1. The molecular formula is C12H24N2O3. The number of aliphatic hydroxyl groups is 1. The molecule has 1 aliphatic rings. The van der Waals surface area contributed by atoms with Crippen molar-refractivity contribution in [1.82, 2.24) is 10.6 Å². The van der Waals surface area contributed by atoms with Gasteiger partial charge in [0.05, 0.1) is 12.2 Å². The molecule has 1 atom stereocenters. The molecule has 0 aromatic carbocycles. The number of ether oxygens (including phenoxy) is 1. The molecule has 100 valence electrons. The first kappa shape index (κ1) is 14.4. The molecule has 1 unspecified atom stereocenters. The third-order valence-electron chi connectivity index (χ3n) is 3.01. The van der Waals surface area contributed by atoms with E-state index in [1.54, 1.807) is 0 Å². The molecule has 5 heteroatoms. The van der Waals surface area contributed by atoms with Crippen molar-refractivity contribution >= 4 is 5.91 Å². The van der Waals surface area contributed by atoms with Gasteiger partial charge in [-0.25, -0.2) is 0 Å². The minimum absolute atomic E-state index is 0.0909.